The van der Waals surface area contributed by atoms with Crippen molar-refractivity contribution in [2.75, 3.05) is 24.3 Å². The minimum atomic E-state index is -0.0777. The zero-order valence-electron chi connectivity index (χ0n) is 17.6. The summed E-state index contributed by atoms with van der Waals surface area (Å²) in [6.07, 6.45) is 0.902. The zero-order chi connectivity index (χ0) is 20.0. The molecule has 0 aliphatic rings. The average molecular weight is 362 g/mol. The van der Waals surface area contributed by atoms with E-state index in [1.165, 1.54) is 0 Å². The zero-order valence-corrected chi connectivity index (χ0v) is 17.6. The molecule has 0 aliphatic heterocycles. The van der Waals surface area contributed by atoms with E-state index in [0.717, 1.165) is 23.4 Å². The molecule has 0 aromatic heterocycles. The molecule has 5 heteroatoms. The van der Waals surface area contributed by atoms with Gasteiger partial charge >= 0.3 is 0 Å². The lowest BCUT2D eigenvalue weighted by Gasteiger charge is -2.32. The quantitative estimate of drug-likeness (QED) is 0.757. The van der Waals surface area contributed by atoms with Gasteiger partial charge in [-0.1, -0.05) is 34.6 Å². The van der Waals surface area contributed by atoms with E-state index < -0.39 is 0 Å². The molecule has 0 fully saturated rings. The van der Waals surface area contributed by atoms with Gasteiger partial charge in [-0.05, 0) is 37.1 Å². The van der Waals surface area contributed by atoms with E-state index in [-0.39, 0.29) is 29.7 Å². The van der Waals surface area contributed by atoms with Crippen molar-refractivity contribution in [1.29, 1.82) is 0 Å². The van der Waals surface area contributed by atoms with Gasteiger partial charge in [0.2, 0.25) is 11.8 Å². The van der Waals surface area contributed by atoms with Crippen molar-refractivity contribution < 1.29 is 9.59 Å². The van der Waals surface area contributed by atoms with Gasteiger partial charge in [0.25, 0.3) is 0 Å². The summed E-state index contributed by atoms with van der Waals surface area (Å²) in [5, 5.41) is 2.96. The molecule has 1 rings (SSSR count). The van der Waals surface area contributed by atoms with E-state index in [4.69, 9.17) is 0 Å². The first-order chi connectivity index (χ1) is 12.1. The smallest absolute Gasteiger partial charge is 0.226 e. The van der Waals surface area contributed by atoms with E-state index in [0.29, 0.717) is 6.54 Å². The van der Waals surface area contributed by atoms with Crippen LogP contribution in [0.5, 0.6) is 0 Å². The van der Waals surface area contributed by atoms with E-state index in [1.54, 1.807) is 0 Å². The number of amides is 2. The standard InChI is InChI=1S/C21H35N3O2/c1-9-16(6)24(21(26)15(4)5)13-17-12-18(22-20(25)14(2)3)10-11-19(17)23(7)8/h10-12,14-16H,9,13H2,1-8H3,(H,22,25)/t16-/m0/s1. The van der Waals surface area contributed by atoms with Gasteiger partial charge in [-0.15, -0.1) is 0 Å². The Morgan fingerprint density at radius 2 is 1.65 bits per heavy atom. The molecule has 0 spiro atoms. The summed E-state index contributed by atoms with van der Waals surface area (Å²) in [7, 11) is 3.98. The first-order valence-corrected chi connectivity index (χ1v) is 9.50. The molecule has 0 saturated heterocycles. The molecule has 0 radical (unpaired) electrons. The van der Waals surface area contributed by atoms with Gasteiger partial charge in [-0.2, -0.15) is 0 Å². The molecule has 1 atom stereocenters. The Kier molecular flexibility index (Phi) is 8.12. The maximum absolute atomic E-state index is 12.7. The second kappa shape index (κ2) is 9.60. The molecule has 1 N–H and O–H groups in total. The van der Waals surface area contributed by atoms with Gasteiger partial charge in [0, 0.05) is 49.9 Å². The number of nitrogens with one attached hydrogen (secondary N) is 1. The third kappa shape index (κ3) is 5.75. The number of benzene rings is 1. The molecule has 0 heterocycles. The number of hydrogen-bond donors (Lipinski definition) is 1. The van der Waals surface area contributed by atoms with Gasteiger partial charge < -0.3 is 15.1 Å². The van der Waals surface area contributed by atoms with Gasteiger partial charge in [0.05, 0.1) is 0 Å². The highest BCUT2D eigenvalue weighted by atomic mass is 16.2. The number of carbonyl (C=O) groups excluding carboxylic acids is 2. The Labute approximate surface area is 158 Å². The third-order valence-electron chi connectivity index (χ3n) is 4.59. The summed E-state index contributed by atoms with van der Waals surface area (Å²) in [6.45, 7) is 12.3. The molecule has 146 valence electrons. The number of hydrogen-bond acceptors (Lipinski definition) is 3. The van der Waals surface area contributed by atoms with Crippen LogP contribution in [0.1, 0.15) is 53.5 Å². The van der Waals surface area contributed by atoms with Crippen LogP contribution in [-0.4, -0.2) is 36.9 Å². The fourth-order valence-electron chi connectivity index (χ4n) is 2.70. The van der Waals surface area contributed by atoms with Crippen LogP contribution in [0.4, 0.5) is 11.4 Å². The summed E-state index contributed by atoms with van der Waals surface area (Å²) in [5.41, 5.74) is 2.86. The van der Waals surface area contributed by atoms with Crippen LogP contribution >= 0.6 is 0 Å². The van der Waals surface area contributed by atoms with E-state index >= 15 is 0 Å². The molecule has 0 aliphatic carbocycles. The maximum Gasteiger partial charge on any atom is 0.226 e. The molecule has 1 aromatic carbocycles. The van der Waals surface area contributed by atoms with Gasteiger partial charge in [-0.25, -0.2) is 0 Å². The van der Waals surface area contributed by atoms with Crippen molar-refractivity contribution in [1.82, 2.24) is 4.90 Å². The van der Waals surface area contributed by atoms with Crippen LogP contribution in [-0.2, 0) is 16.1 Å². The van der Waals surface area contributed by atoms with Crippen LogP contribution in [0.15, 0.2) is 18.2 Å². The Balaban J connectivity index is 3.23. The van der Waals surface area contributed by atoms with E-state index in [1.807, 2.05) is 69.8 Å². The fraction of sp³-hybridized carbons (Fsp3) is 0.619. The summed E-state index contributed by atoms with van der Waals surface area (Å²) >= 11 is 0. The van der Waals surface area contributed by atoms with Crippen molar-refractivity contribution in [3.8, 4) is 0 Å². The lowest BCUT2D eigenvalue weighted by Crippen LogP contribution is -2.40. The summed E-state index contributed by atoms with van der Waals surface area (Å²) in [5.74, 6) is 0.0213. The highest BCUT2D eigenvalue weighted by Crippen LogP contribution is 2.26. The van der Waals surface area contributed by atoms with Crippen LogP contribution in [0.3, 0.4) is 0 Å². The molecule has 26 heavy (non-hydrogen) atoms. The van der Waals surface area contributed by atoms with Gasteiger partial charge in [0.15, 0.2) is 0 Å². The van der Waals surface area contributed by atoms with Crippen molar-refractivity contribution in [3.05, 3.63) is 23.8 Å². The predicted molar refractivity (Wildman–Crippen MR) is 109 cm³/mol. The molecule has 5 nitrogen and oxygen atoms in total. The van der Waals surface area contributed by atoms with Crippen LogP contribution in [0, 0.1) is 11.8 Å². The van der Waals surface area contributed by atoms with Gasteiger partial charge in [0.1, 0.15) is 0 Å². The monoisotopic (exact) mass is 361 g/mol. The first kappa shape index (κ1) is 22.0. The lowest BCUT2D eigenvalue weighted by atomic mass is 10.1. The van der Waals surface area contributed by atoms with Crippen molar-refractivity contribution >= 4 is 23.2 Å². The topological polar surface area (TPSA) is 52.7 Å². The van der Waals surface area contributed by atoms with Crippen LogP contribution < -0.4 is 10.2 Å². The normalized spacial score (nSPS) is 12.2. The Morgan fingerprint density at radius 3 is 2.12 bits per heavy atom. The van der Waals surface area contributed by atoms with Crippen LogP contribution in [0.25, 0.3) is 0 Å². The first-order valence-electron chi connectivity index (χ1n) is 9.50. The average Bonchev–Trinajstić information content (AvgIpc) is 2.57. The highest BCUT2D eigenvalue weighted by Gasteiger charge is 2.23. The fourth-order valence-corrected chi connectivity index (χ4v) is 2.70. The number of anilines is 2. The third-order valence-corrected chi connectivity index (χ3v) is 4.59. The Bertz CT molecular complexity index is 624. The SMILES string of the molecule is CC[C@H](C)N(Cc1cc(NC(=O)C(C)C)ccc1N(C)C)C(=O)C(C)C. The molecular formula is C21H35N3O2. The second-order valence-electron chi connectivity index (χ2n) is 7.76. The summed E-state index contributed by atoms with van der Waals surface area (Å²) < 4.78 is 0. The van der Waals surface area contributed by atoms with E-state index in [2.05, 4.69) is 19.2 Å². The summed E-state index contributed by atoms with van der Waals surface area (Å²) in [6, 6.07) is 6.06. The summed E-state index contributed by atoms with van der Waals surface area (Å²) in [4.78, 5) is 28.7. The molecule has 1 aromatic rings. The van der Waals surface area contributed by atoms with Crippen molar-refractivity contribution in [2.24, 2.45) is 11.8 Å². The van der Waals surface area contributed by atoms with Crippen molar-refractivity contribution in [2.45, 2.75) is 60.5 Å². The second-order valence-corrected chi connectivity index (χ2v) is 7.76. The number of carbonyl (C=O) groups is 2. The molecular weight excluding hydrogens is 326 g/mol. The lowest BCUT2D eigenvalue weighted by molar-refractivity contribution is -0.137. The largest absolute Gasteiger partial charge is 0.377 e. The molecule has 2 amide bonds. The molecule has 0 bridgehead atoms. The minimum absolute atomic E-state index is 0.00871. The van der Waals surface area contributed by atoms with Gasteiger partial charge in [-0.3, -0.25) is 9.59 Å². The number of nitrogens with zero attached hydrogens (tertiary/aromatic N) is 2. The Hall–Kier alpha value is -2.04. The minimum Gasteiger partial charge on any atom is -0.377 e. The molecule has 0 saturated carbocycles. The molecule has 0 unspecified atom stereocenters. The van der Waals surface area contributed by atoms with E-state index in [9.17, 15) is 9.59 Å². The maximum atomic E-state index is 12.7. The predicted octanol–water partition coefficient (Wildman–Crippen LogP) is 4.13. The Morgan fingerprint density at radius 1 is 1.04 bits per heavy atom. The number of rotatable bonds is 8. The highest BCUT2D eigenvalue weighted by molar-refractivity contribution is 5.92. The van der Waals surface area contributed by atoms with Crippen molar-refractivity contribution in [3.63, 3.8) is 0 Å². The van der Waals surface area contributed by atoms with Crippen LogP contribution in [0.2, 0.25) is 0 Å².